The number of rotatable bonds is 5. The first kappa shape index (κ1) is 13.1. The Morgan fingerprint density at radius 1 is 1.22 bits per heavy atom. The lowest BCUT2D eigenvalue weighted by atomic mass is 10.1. The molecule has 0 saturated carbocycles. The Hall–Kier alpha value is -1.35. The van der Waals surface area contributed by atoms with Crippen LogP contribution in [-0.2, 0) is 11.2 Å². The number of carbonyl (C=O) groups is 2. The standard InChI is InChI=1S/C14H16ClNO2/c1-2-10-5-6-12-11(9-10)13(17)14(18)16(12)8-4-3-7-15/h5-6,9H,2-4,7-8H2,1H3. The molecule has 0 bridgehead atoms. The molecule has 1 aliphatic heterocycles. The number of amides is 1. The van der Waals surface area contributed by atoms with Crippen LogP contribution in [0.25, 0.3) is 0 Å². The Labute approximate surface area is 112 Å². The summed E-state index contributed by atoms with van der Waals surface area (Å²) in [5, 5.41) is 0. The molecule has 18 heavy (non-hydrogen) atoms. The second kappa shape index (κ2) is 5.53. The molecule has 1 aromatic carbocycles. The number of Topliss-reactive ketones (excluding diaryl/α,β-unsaturated/α-hetero) is 1. The van der Waals surface area contributed by atoms with Gasteiger partial charge in [-0.2, -0.15) is 0 Å². The monoisotopic (exact) mass is 265 g/mol. The van der Waals surface area contributed by atoms with E-state index in [-0.39, 0.29) is 5.78 Å². The molecular formula is C14H16ClNO2. The van der Waals surface area contributed by atoms with Gasteiger partial charge in [-0.05, 0) is 37.0 Å². The van der Waals surface area contributed by atoms with Crippen LogP contribution in [0.4, 0.5) is 5.69 Å². The van der Waals surface area contributed by atoms with Gasteiger partial charge in [0.05, 0.1) is 11.3 Å². The van der Waals surface area contributed by atoms with Crippen molar-refractivity contribution in [2.24, 2.45) is 0 Å². The molecule has 4 heteroatoms. The lowest BCUT2D eigenvalue weighted by Crippen LogP contribution is -2.30. The second-order valence-electron chi connectivity index (χ2n) is 4.39. The number of aryl methyl sites for hydroxylation is 1. The number of ketones is 1. The first-order valence-electron chi connectivity index (χ1n) is 6.24. The third-order valence-electron chi connectivity index (χ3n) is 3.21. The van der Waals surface area contributed by atoms with E-state index in [2.05, 4.69) is 0 Å². The maximum absolute atomic E-state index is 11.9. The van der Waals surface area contributed by atoms with E-state index in [4.69, 9.17) is 11.6 Å². The van der Waals surface area contributed by atoms with E-state index in [9.17, 15) is 9.59 Å². The van der Waals surface area contributed by atoms with Gasteiger partial charge in [-0.1, -0.05) is 13.0 Å². The fourth-order valence-electron chi connectivity index (χ4n) is 2.15. The van der Waals surface area contributed by atoms with Gasteiger partial charge in [0.15, 0.2) is 0 Å². The van der Waals surface area contributed by atoms with Crippen molar-refractivity contribution in [3.05, 3.63) is 29.3 Å². The molecule has 96 valence electrons. The molecule has 0 aromatic heterocycles. The number of carbonyl (C=O) groups excluding carboxylic acids is 2. The quantitative estimate of drug-likeness (QED) is 0.466. The molecule has 0 spiro atoms. The van der Waals surface area contributed by atoms with E-state index in [1.54, 1.807) is 4.90 Å². The van der Waals surface area contributed by atoms with E-state index in [1.165, 1.54) is 0 Å². The fraction of sp³-hybridized carbons (Fsp3) is 0.429. The Morgan fingerprint density at radius 3 is 2.67 bits per heavy atom. The number of hydrogen-bond acceptors (Lipinski definition) is 2. The molecule has 0 saturated heterocycles. The molecule has 0 N–H and O–H groups in total. The summed E-state index contributed by atoms with van der Waals surface area (Å²) < 4.78 is 0. The minimum atomic E-state index is -0.409. The number of hydrogen-bond donors (Lipinski definition) is 0. The smallest absolute Gasteiger partial charge is 0.299 e. The predicted octanol–water partition coefficient (Wildman–Crippen LogP) is 2.80. The van der Waals surface area contributed by atoms with Gasteiger partial charge in [0.1, 0.15) is 0 Å². The summed E-state index contributed by atoms with van der Waals surface area (Å²) >= 11 is 5.62. The second-order valence-corrected chi connectivity index (χ2v) is 4.77. The number of unbranched alkanes of at least 4 members (excludes halogenated alkanes) is 1. The van der Waals surface area contributed by atoms with Crippen LogP contribution in [0.5, 0.6) is 0 Å². The van der Waals surface area contributed by atoms with Crippen molar-refractivity contribution in [2.45, 2.75) is 26.2 Å². The highest BCUT2D eigenvalue weighted by molar-refractivity contribution is 6.52. The van der Waals surface area contributed by atoms with Gasteiger partial charge < -0.3 is 4.90 Å². The van der Waals surface area contributed by atoms with Crippen LogP contribution < -0.4 is 4.90 Å². The molecule has 0 atom stereocenters. The van der Waals surface area contributed by atoms with Crippen LogP contribution in [0.2, 0.25) is 0 Å². The number of alkyl halides is 1. The number of nitrogens with zero attached hydrogens (tertiary/aromatic N) is 1. The molecule has 1 amide bonds. The molecule has 0 unspecified atom stereocenters. The summed E-state index contributed by atoms with van der Waals surface area (Å²) in [6.45, 7) is 2.59. The van der Waals surface area contributed by atoms with Crippen molar-refractivity contribution in [3.8, 4) is 0 Å². The Bertz CT molecular complexity index is 485. The zero-order chi connectivity index (χ0) is 13.1. The highest BCUT2D eigenvalue weighted by Crippen LogP contribution is 2.30. The van der Waals surface area contributed by atoms with Crippen LogP contribution in [0.15, 0.2) is 18.2 Å². The Balaban J connectivity index is 2.26. The van der Waals surface area contributed by atoms with Crippen molar-refractivity contribution in [3.63, 3.8) is 0 Å². The first-order valence-corrected chi connectivity index (χ1v) is 6.77. The first-order chi connectivity index (χ1) is 8.69. The molecule has 3 nitrogen and oxygen atoms in total. The Kier molecular flexibility index (Phi) is 4.02. The van der Waals surface area contributed by atoms with Crippen LogP contribution in [0.3, 0.4) is 0 Å². The zero-order valence-electron chi connectivity index (χ0n) is 10.4. The molecule has 2 rings (SSSR count). The van der Waals surface area contributed by atoms with Crippen molar-refractivity contribution in [2.75, 3.05) is 17.3 Å². The normalized spacial score (nSPS) is 14.2. The van der Waals surface area contributed by atoms with Gasteiger partial charge in [0.2, 0.25) is 0 Å². The minimum Gasteiger partial charge on any atom is -0.305 e. The third-order valence-corrected chi connectivity index (χ3v) is 3.48. The minimum absolute atomic E-state index is 0.383. The molecule has 1 heterocycles. The summed E-state index contributed by atoms with van der Waals surface area (Å²) in [5.74, 6) is -0.212. The molecule has 0 radical (unpaired) electrons. The van der Waals surface area contributed by atoms with Crippen LogP contribution in [0, 0.1) is 0 Å². The predicted molar refractivity (Wildman–Crippen MR) is 72.5 cm³/mol. The van der Waals surface area contributed by atoms with E-state index in [0.717, 1.165) is 30.5 Å². The maximum Gasteiger partial charge on any atom is 0.299 e. The third kappa shape index (κ3) is 2.27. The summed E-state index contributed by atoms with van der Waals surface area (Å²) in [5.41, 5.74) is 2.37. The maximum atomic E-state index is 11.9. The topological polar surface area (TPSA) is 37.4 Å². The SMILES string of the molecule is CCc1ccc2c(c1)C(=O)C(=O)N2CCCCCl. The lowest BCUT2D eigenvalue weighted by molar-refractivity contribution is -0.114. The number of anilines is 1. The fourth-order valence-corrected chi connectivity index (χ4v) is 2.34. The summed E-state index contributed by atoms with van der Waals surface area (Å²) in [6, 6.07) is 5.67. The summed E-state index contributed by atoms with van der Waals surface area (Å²) in [4.78, 5) is 25.4. The molecule has 1 aliphatic rings. The van der Waals surface area contributed by atoms with Crippen molar-refractivity contribution >= 4 is 29.0 Å². The van der Waals surface area contributed by atoms with Crippen molar-refractivity contribution in [1.29, 1.82) is 0 Å². The lowest BCUT2D eigenvalue weighted by Gasteiger charge is -2.16. The van der Waals surface area contributed by atoms with Crippen molar-refractivity contribution in [1.82, 2.24) is 0 Å². The largest absolute Gasteiger partial charge is 0.305 e. The Morgan fingerprint density at radius 2 is 2.00 bits per heavy atom. The van der Waals surface area contributed by atoms with Gasteiger partial charge in [-0.3, -0.25) is 9.59 Å². The van der Waals surface area contributed by atoms with Gasteiger partial charge in [-0.15, -0.1) is 11.6 Å². The van der Waals surface area contributed by atoms with E-state index in [0.29, 0.717) is 18.0 Å². The molecule has 1 aromatic rings. The molecule has 0 fully saturated rings. The number of fused-ring (bicyclic) bond motifs is 1. The van der Waals surface area contributed by atoms with Crippen LogP contribution >= 0.6 is 11.6 Å². The van der Waals surface area contributed by atoms with E-state index < -0.39 is 5.91 Å². The van der Waals surface area contributed by atoms with Crippen LogP contribution in [0.1, 0.15) is 35.7 Å². The average Bonchev–Trinajstić information content (AvgIpc) is 2.63. The van der Waals surface area contributed by atoms with Gasteiger partial charge >= 0.3 is 0 Å². The van der Waals surface area contributed by atoms with Crippen LogP contribution in [-0.4, -0.2) is 24.1 Å². The molecule has 0 aliphatic carbocycles. The van der Waals surface area contributed by atoms with Gasteiger partial charge in [0, 0.05) is 12.4 Å². The summed E-state index contributed by atoms with van der Waals surface area (Å²) in [7, 11) is 0. The number of benzene rings is 1. The highest BCUT2D eigenvalue weighted by atomic mass is 35.5. The number of halogens is 1. The van der Waals surface area contributed by atoms with E-state index in [1.807, 2.05) is 25.1 Å². The average molecular weight is 266 g/mol. The van der Waals surface area contributed by atoms with Gasteiger partial charge in [-0.25, -0.2) is 0 Å². The zero-order valence-corrected chi connectivity index (χ0v) is 11.2. The highest BCUT2D eigenvalue weighted by Gasteiger charge is 2.35. The summed E-state index contributed by atoms with van der Waals surface area (Å²) in [6.07, 6.45) is 2.53. The molecular weight excluding hydrogens is 250 g/mol. The van der Waals surface area contributed by atoms with Crippen molar-refractivity contribution < 1.29 is 9.59 Å². The van der Waals surface area contributed by atoms with E-state index >= 15 is 0 Å². The van der Waals surface area contributed by atoms with Gasteiger partial charge in [0.25, 0.3) is 11.7 Å².